The van der Waals surface area contributed by atoms with Gasteiger partial charge in [0.25, 0.3) is 0 Å². The highest BCUT2D eigenvalue weighted by Crippen LogP contribution is 2.16. The molecule has 0 unspecified atom stereocenters. The molecule has 10 heavy (non-hydrogen) atoms. The van der Waals surface area contributed by atoms with Crippen molar-refractivity contribution in [2.45, 2.75) is 4.84 Å². The number of likely N-dealkylation sites (tertiary alicyclic amines) is 1. The number of aliphatic hydroxyl groups excluding tert-OH is 1. The Labute approximate surface area is 70.7 Å². The molecule has 4 heteroatoms. The van der Waals surface area contributed by atoms with Crippen LogP contribution in [0.25, 0.3) is 0 Å². The Bertz CT molecular complexity index is 104. The minimum atomic E-state index is -0.292. The van der Waals surface area contributed by atoms with E-state index in [0.717, 1.165) is 19.6 Å². The van der Waals surface area contributed by atoms with Crippen LogP contribution in [-0.2, 0) is 0 Å². The lowest BCUT2D eigenvalue weighted by atomic mass is 10.0. The van der Waals surface area contributed by atoms with Crippen LogP contribution in [0.4, 0.5) is 0 Å². The predicted molar refractivity (Wildman–Crippen MR) is 42.5 cm³/mol. The van der Waals surface area contributed by atoms with E-state index in [-0.39, 0.29) is 11.4 Å². The van der Waals surface area contributed by atoms with Crippen LogP contribution in [0.5, 0.6) is 0 Å². The summed E-state index contributed by atoms with van der Waals surface area (Å²) in [5.41, 5.74) is 0. The zero-order valence-corrected chi connectivity index (χ0v) is 7.15. The van der Waals surface area contributed by atoms with E-state index < -0.39 is 0 Å². The molecule has 0 saturated carbocycles. The van der Waals surface area contributed by atoms with E-state index >= 15 is 0 Å². The molecule has 1 N–H and O–H groups in total. The monoisotopic (exact) mass is 183 g/mol. The Morgan fingerprint density at radius 2 is 2.10 bits per heavy atom. The maximum atomic E-state index is 8.65. The Hall–Kier alpha value is 0.500. The van der Waals surface area contributed by atoms with Crippen LogP contribution in [0.1, 0.15) is 0 Å². The van der Waals surface area contributed by atoms with Gasteiger partial charge in [0.2, 0.25) is 0 Å². The molecule has 2 nitrogen and oxygen atoms in total. The number of aliphatic hydroxyl groups is 1. The molecule has 1 aliphatic rings. The summed E-state index contributed by atoms with van der Waals surface area (Å²) in [4.78, 5) is 1.84. The Balaban J connectivity index is 2.03. The molecule has 0 aromatic carbocycles. The third kappa shape index (κ3) is 2.27. The summed E-state index contributed by atoms with van der Waals surface area (Å²) in [6, 6.07) is 0. The van der Waals surface area contributed by atoms with Gasteiger partial charge in [-0.2, -0.15) is 0 Å². The first-order valence-corrected chi connectivity index (χ1v) is 4.21. The molecule has 0 aromatic rings. The largest absolute Gasteiger partial charge is 0.396 e. The molecule has 1 fully saturated rings. The van der Waals surface area contributed by atoms with Crippen LogP contribution in [0.15, 0.2) is 0 Å². The van der Waals surface area contributed by atoms with Gasteiger partial charge in [0.05, 0.1) is 0 Å². The predicted octanol–water partition coefficient (Wildman–Crippen LogP) is 0.714. The second-order valence-corrected chi connectivity index (χ2v) is 3.94. The molecule has 0 amide bonds. The van der Waals surface area contributed by atoms with Crippen LogP contribution in [0.3, 0.4) is 0 Å². The lowest BCUT2D eigenvalue weighted by Gasteiger charge is -2.38. The van der Waals surface area contributed by atoms with Gasteiger partial charge in [-0.05, 0) is 0 Å². The fourth-order valence-electron chi connectivity index (χ4n) is 1.14. The van der Waals surface area contributed by atoms with Crippen molar-refractivity contribution in [1.82, 2.24) is 4.90 Å². The van der Waals surface area contributed by atoms with Gasteiger partial charge in [-0.15, -0.1) is 23.2 Å². The summed E-state index contributed by atoms with van der Waals surface area (Å²) >= 11 is 11.1. The molecule has 1 rings (SSSR count). The summed E-state index contributed by atoms with van der Waals surface area (Å²) in [5.74, 6) is 0.451. The van der Waals surface area contributed by atoms with E-state index in [1.807, 2.05) is 0 Å². The lowest BCUT2D eigenvalue weighted by molar-refractivity contribution is 0.0576. The lowest BCUT2D eigenvalue weighted by Crippen LogP contribution is -2.49. The quantitative estimate of drug-likeness (QED) is 0.653. The maximum Gasteiger partial charge on any atom is 0.120 e. The molecule has 0 bridgehead atoms. The zero-order chi connectivity index (χ0) is 7.56. The number of halogens is 2. The maximum absolute atomic E-state index is 8.65. The van der Waals surface area contributed by atoms with Crippen LogP contribution >= 0.6 is 23.2 Å². The number of hydrogen-bond acceptors (Lipinski definition) is 2. The molecule has 0 aromatic heterocycles. The van der Waals surface area contributed by atoms with Crippen molar-refractivity contribution in [2.24, 2.45) is 5.92 Å². The topological polar surface area (TPSA) is 23.5 Å². The van der Waals surface area contributed by atoms with E-state index in [2.05, 4.69) is 4.90 Å². The standard InChI is InChI=1S/C6H11Cl2NO/c7-6(8)3-9-1-5(2-9)4-10/h5-6,10H,1-4H2. The average Bonchev–Trinajstić information content (AvgIpc) is 1.76. The van der Waals surface area contributed by atoms with E-state index in [1.165, 1.54) is 0 Å². The highest BCUT2D eigenvalue weighted by molar-refractivity contribution is 6.44. The summed E-state index contributed by atoms with van der Waals surface area (Å²) in [7, 11) is 0. The van der Waals surface area contributed by atoms with Crippen molar-refractivity contribution < 1.29 is 5.11 Å². The normalized spacial score (nSPS) is 21.6. The van der Waals surface area contributed by atoms with Gasteiger partial charge < -0.3 is 5.11 Å². The Morgan fingerprint density at radius 3 is 2.50 bits per heavy atom. The van der Waals surface area contributed by atoms with Crippen molar-refractivity contribution in [3.05, 3.63) is 0 Å². The van der Waals surface area contributed by atoms with E-state index in [4.69, 9.17) is 28.3 Å². The van der Waals surface area contributed by atoms with Crippen LogP contribution < -0.4 is 0 Å². The zero-order valence-electron chi connectivity index (χ0n) is 5.63. The van der Waals surface area contributed by atoms with Crippen molar-refractivity contribution in [2.75, 3.05) is 26.2 Å². The molecule has 0 aliphatic carbocycles. The van der Waals surface area contributed by atoms with Gasteiger partial charge in [0, 0.05) is 32.2 Å². The highest BCUT2D eigenvalue weighted by atomic mass is 35.5. The number of alkyl halides is 2. The fraction of sp³-hybridized carbons (Fsp3) is 1.00. The van der Waals surface area contributed by atoms with Gasteiger partial charge in [0.15, 0.2) is 0 Å². The van der Waals surface area contributed by atoms with Crippen LogP contribution in [-0.4, -0.2) is 41.1 Å². The second kappa shape index (κ2) is 3.77. The highest BCUT2D eigenvalue weighted by Gasteiger charge is 2.26. The fourth-order valence-corrected chi connectivity index (χ4v) is 1.53. The van der Waals surface area contributed by atoms with Gasteiger partial charge in [-0.3, -0.25) is 4.90 Å². The molecule has 0 radical (unpaired) electrons. The third-order valence-electron chi connectivity index (χ3n) is 1.69. The summed E-state index contributed by atoms with van der Waals surface area (Å²) in [6.45, 7) is 2.88. The molecule has 0 spiro atoms. The minimum Gasteiger partial charge on any atom is -0.396 e. The van der Waals surface area contributed by atoms with Crippen molar-refractivity contribution in [3.8, 4) is 0 Å². The van der Waals surface area contributed by atoms with Crippen molar-refractivity contribution in [1.29, 1.82) is 0 Å². The molecule has 1 saturated heterocycles. The molecule has 60 valence electrons. The summed E-state index contributed by atoms with van der Waals surface area (Å²) < 4.78 is 0. The first-order chi connectivity index (χ1) is 4.72. The van der Waals surface area contributed by atoms with Crippen molar-refractivity contribution in [3.63, 3.8) is 0 Å². The first kappa shape index (κ1) is 8.60. The Morgan fingerprint density at radius 1 is 1.50 bits per heavy atom. The molecular weight excluding hydrogens is 173 g/mol. The minimum absolute atomic E-state index is 0.283. The SMILES string of the molecule is OCC1CN(CC(Cl)Cl)C1. The second-order valence-electron chi connectivity index (χ2n) is 2.66. The third-order valence-corrected chi connectivity index (χ3v) is 1.96. The Kier molecular flexibility index (Phi) is 3.24. The van der Waals surface area contributed by atoms with Crippen LogP contribution in [0.2, 0.25) is 0 Å². The van der Waals surface area contributed by atoms with Gasteiger partial charge in [-0.1, -0.05) is 0 Å². The molecule has 1 aliphatic heterocycles. The molecule has 0 atom stereocenters. The number of nitrogens with zero attached hydrogens (tertiary/aromatic N) is 1. The summed E-state index contributed by atoms with van der Waals surface area (Å²) in [6.07, 6.45) is 0. The van der Waals surface area contributed by atoms with Crippen molar-refractivity contribution >= 4 is 23.2 Å². The van der Waals surface area contributed by atoms with Gasteiger partial charge in [-0.25, -0.2) is 0 Å². The van der Waals surface area contributed by atoms with Gasteiger partial charge >= 0.3 is 0 Å². The number of hydrogen-bond donors (Lipinski definition) is 1. The first-order valence-electron chi connectivity index (χ1n) is 3.33. The summed E-state index contributed by atoms with van der Waals surface area (Å²) in [5, 5.41) is 8.65. The molecular formula is C6H11Cl2NO. The van der Waals surface area contributed by atoms with E-state index in [1.54, 1.807) is 0 Å². The van der Waals surface area contributed by atoms with E-state index in [9.17, 15) is 0 Å². The van der Waals surface area contributed by atoms with Gasteiger partial charge in [0.1, 0.15) is 4.84 Å². The smallest absolute Gasteiger partial charge is 0.120 e. The average molecular weight is 184 g/mol. The van der Waals surface area contributed by atoms with E-state index in [0.29, 0.717) is 5.92 Å². The number of rotatable bonds is 3. The molecule has 1 heterocycles. The van der Waals surface area contributed by atoms with Crippen LogP contribution in [0, 0.1) is 5.92 Å².